The third-order valence-electron chi connectivity index (χ3n) is 4.34. The van der Waals surface area contributed by atoms with Crippen LogP contribution in [0.25, 0.3) is 0 Å². The monoisotopic (exact) mass is 508 g/mol. The highest BCUT2D eigenvalue weighted by Gasteiger charge is 2.31. The smallest absolute Gasteiger partial charge is 0.327 e. The largest absolute Gasteiger partial charge is 0.348 e. The molecule has 0 aliphatic carbocycles. The highest BCUT2D eigenvalue weighted by Crippen LogP contribution is 2.29. The average Bonchev–Trinajstić information content (AvgIpc) is 2.68. The van der Waals surface area contributed by atoms with Gasteiger partial charge in [-0.15, -0.1) is 0 Å². The quantitative estimate of drug-likeness (QED) is 0.580. The van der Waals surface area contributed by atoms with Crippen LogP contribution in [0.3, 0.4) is 0 Å². The molecule has 1 atom stereocenters. The molecule has 0 bridgehead atoms. The maximum Gasteiger partial charge on any atom is 0.327 e. The normalized spacial score (nSPS) is 17.1. The van der Waals surface area contributed by atoms with Crippen LogP contribution in [0.2, 0.25) is 0 Å². The minimum atomic E-state index is -0.574. The fourth-order valence-electron chi connectivity index (χ4n) is 2.87. The van der Waals surface area contributed by atoms with E-state index < -0.39 is 5.97 Å². The fraction of sp³-hybridized carbons (Fsp3) is 0.250. The average molecular weight is 510 g/mol. The summed E-state index contributed by atoms with van der Waals surface area (Å²) in [5, 5.41) is 1.20. The summed E-state index contributed by atoms with van der Waals surface area (Å²) in [6.07, 6.45) is 0.828. The second-order valence-electron chi connectivity index (χ2n) is 6.36. The summed E-state index contributed by atoms with van der Waals surface area (Å²) in [4.78, 5) is 41.6. The summed E-state index contributed by atoms with van der Waals surface area (Å²) in [5.74, 6) is -0.932. The van der Waals surface area contributed by atoms with Gasteiger partial charge in [0.25, 0.3) is 0 Å². The van der Waals surface area contributed by atoms with Gasteiger partial charge in [-0.2, -0.15) is 0 Å². The molecule has 1 amide bonds. The van der Waals surface area contributed by atoms with Gasteiger partial charge >= 0.3 is 5.97 Å². The van der Waals surface area contributed by atoms with Crippen molar-refractivity contribution in [2.45, 2.75) is 31.7 Å². The lowest BCUT2D eigenvalue weighted by atomic mass is 10.0. The number of hydroxylamine groups is 1. The summed E-state index contributed by atoms with van der Waals surface area (Å²) in [6.45, 7) is 0. The van der Waals surface area contributed by atoms with E-state index in [1.165, 1.54) is 5.17 Å². The van der Waals surface area contributed by atoms with Gasteiger partial charge in [-0.05, 0) is 41.4 Å². The molecule has 1 N–H and O–H groups in total. The molecule has 1 aliphatic rings. The Morgan fingerprint density at radius 3 is 2.25 bits per heavy atom. The first-order valence-electron chi connectivity index (χ1n) is 8.76. The van der Waals surface area contributed by atoms with Crippen molar-refractivity contribution >= 4 is 49.5 Å². The van der Waals surface area contributed by atoms with Gasteiger partial charge in [0, 0.05) is 27.4 Å². The zero-order valence-electron chi connectivity index (χ0n) is 14.9. The molecule has 0 radical (unpaired) electrons. The van der Waals surface area contributed by atoms with Gasteiger partial charge in [-0.1, -0.05) is 56.1 Å². The molecule has 28 heavy (non-hydrogen) atoms. The van der Waals surface area contributed by atoms with E-state index in [2.05, 4.69) is 37.3 Å². The van der Waals surface area contributed by atoms with Crippen LogP contribution in [0, 0.1) is 0 Å². The van der Waals surface area contributed by atoms with Crippen LogP contribution < -0.4 is 5.43 Å². The molecule has 6 nitrogen and oxygen atoms in total. The number of ketones is 1. The molecule has 0 saturated carbocycles. The SMILES string of the molecule is O=C1CCC(c2ccc(Br)cc2)N(OC(=O)CCC(=O)c2ccc(Br)cc2)N1. The first kappa shape index (κ1) is 20.7. The predicted molar refractivity (Wildman–Crippen MR) is 110 cm³/mol. The zero-order chi connectivity index (χ0) is 20.1. The van der Waals surface area contributed by atoms with Crippen molar-refractivity contribution in [3.8, 4) is 0 Å². The third-order valence-corrected chi connectivity index (χ3v) is 5.40. The van der Waals surface area contributed by atoms with Crippen LogP contribution in [0.4, 0.5) is 0 Å². The van der Waals surface area contributed by atoms with Crippen LogP contribution in [-0.4, -0.2) is 22.8 Å². The van der Waals surface area contributed by atoms with Gasteiger partial charge in [0.05, 0.1) is 12.5 Å². The first-order chi connectivity index (χ1) is 13.4. The van der Waals surface area contributed by atoms with Crippen LogP contribution in [0.5, 0.6) is 0 Å². The lowest BCUT2D eigenvalue weighted by molar-refractivity contribution is -0.229. The number of Topliss-reactive ketones (excluding diaryl/α,β-unsaturated/α-hetero) is 1. The van der Waals surface area contributed by atoms with Crippen molar-refractivity contribution < 1.29 is 19.2 Å². The van der Waals surface area contributed by atoms with Crippen LogP contribution >= 0.6 is 31.9 Å². The topological polar surface area (TPSA) is 75.7 Å². The van der Waals surface area contributed by atoms with E-state index in [0.717, 1.165) is 14.5 Å². The maximum absolute atomic E-state index is 12.3. The first-order valence-corrected chi connectivity index (χ1v) is 10.3. The number of carbonyl (C=O) groups excluding carboxylic acids is 3. The van der Waals surface area contributed by atoms with E-state index in [9.17, 15) is 14.4 Å². The van der Waals surface area contributed by atoms with E-state index in [1.54, 1.807) is 24.3 Å². The maximum atomic E-state index is 12.3. The number of carbonyl (C=O) groups is 3. The van der Waals surface area contributed by atoms with Crippen LogP contribution in [0.1, 0.15) is 47.6 Å². The second-order valence-corrected chi connectivity index (χ2v) is 8.19. The van der Waals surface area contributed by atoms with Crippen molar-refractivity contribution in [1.82, 2.24) is 10.6 Å². The second kappa shape index (κ2) is 9.45. The van der Waals surface area contributed by atoms with Gasteiger partial charge in [-0.3, -0.25) is 19.8 Å². The highest BCUT2D eigenvalue weighted by molar-refractivity contribution is 9.10. The number of halogens is 2. The Kier molecular flexibility index (Phi) is 6.98. The van der Waals surface area contributed by atoms with Gasteiger partial charge in [0.2, 0.25) is 5.91 Å². The number of nitrogens with zero attached hydrogens (tertiary/aromatic N) is 1. The van der Waals surface area contributed by atoms with E-state index in [4.69, 9.17) is 4.84 Å². The molecule has 146 valence electrons. The number of nitrogens with one attached hydrogen (secondary N) is 1. The number of rotatable bonds is 6. The van der Waals surface area contributed by atoms with E-state index in [-0.39, 0.29) is 30.6 Å². The molecule has 0 aromatic heterocycles. The van der Waals surface area contributed by atoms with Crippen molar-refractivity contribution in [2.24, 2.45) is 0 Å². The Bertz CT molecular complexity index is 869. The molecule has 3 rings (SSSR count). The lowest BCUT2D eigenvalue weighted by Gasteiger charge is -2.33. The summed E-state index contributed by atoms with van der Waals surface area (Å²) in [7, 11) is 0. The van der Waals surface area contributed by atoms with Crippen molar-refractivity contribution in [1.29, 1.82) is 0 Å². The van der Waals surface area contributed by atoms with Crippen molar-refractivity contribution in [3.05, 3.63) is 68.6 Å². The molecule has 1 saturated heterocycles. The Balaban J connectivity index is 1.60. The molecular formula is C20H18Br2N2O4. The molecule has 1 unspecified atom stereocenters. The minimum absolute atomic E-state index is 0.0329. The molecular weight excluding hydrogens is 492 g/mol. The molecule has 8 heteroatoms. The van der Waals surface area contributed by atoms with E-state index >= 15 is 0 Å². The molecule has 2 aromatic rings. The summed E-state index contributed by atoms with van der Waals surface area (Å²) in [6, 6.07) is 14.3. The Labute approximate surface area is 179 Å². The summed E-state index contributed by atoms with van der Waals surface area (Å²) >= 11 is 6.71. The Morgan fingerprint density at radius 1 is 1.00 bits per heavy atom. The predicted octanol–water partition coefficient (Wildman–Crippen LogP) is 4.50. The van der Waals surface area contributed by atoms with Gasteiger partial charge < -0.3 is 4.84 Å². The lowest BCUT2D eigenvalue weighted by Crippen LogP contribution is -2.49. The van der Waals surface area contributed by atoms with E-state index in [1.807, 2.05) is 24.3 Å². The highest BCUT2D eigenvalue weighted by atomic mass is 79.9. The standard InChI is InChI=1S/C20H18Br2N2O4/c21-15-5-1-13(2-6-15)17-9-11-19(26)23-24(17)28-20(27)12-10-18(25)14-3-7-16(22)8-4-14/h1-8,17H,9-12H2,(H,23,26). The van der Waals surface area contributed by atoms with Crippen molar-refractivity contribution in [2.75, 3.05) is 0 Å². The van der Waals surface area contributed by atoms with Crippen LogP contribution in [0.15, 0.2) is 57.5 Å². The molecule has 1 fully saturated rings. The van der Waals surface area contributed by atoms with Crippen LogP contribution in [-0.2, 0) is 14.4 Å². The number of hydrogen-bond donors (Lipinski definition) is 1. The molecule has 2 aromatic carbocycles. The summed E-state index contributed by atoms with van der Waals surface area (Å²) < 4.78 is 1.81. The van der Waals surface area contributed by atoms with Gasteiger partial charge in [0.15, 0.2) is 5.78 Å². The number of benzene rings is 2. The van der Waals surface area contributed by atoms with E-state index in [0.29, 0.717) is 18.4 Å². The number of amides is 1. The Morgan fingerprint density at radius 2 is 1.61 bits per heavy atom. The van der Waals surface area contributed by atoms with Gasteiger partial charge in [0.1, 0.15) is 0 Å². The van der Waals surface area contributed by atoms with Gasteiger partial charge in [-0.25, -0.2) is 0 Å². The molecule has 1 aliphatic heterocycles. The molecule has 1 heterocycles. The third kappa shape index (κ3) is 5.50. The Hall–Kier alpha value is -2.03. The number of hydrazine groups is 1. The minimum Gasteiger partial charge on any atom is -0.348 e. The molecule has 0 spiro atoms. The zero-order valence-corrected chi connectivity index (χ0v) is 18.0. The summed E-state index contributed by atoms with van der Waals surface area (Å²) in [5.41, 5.74) is 4.04. The van der Waals surface area contributed by atoms with Crippen molar-refractivity contribution in [3.63, 3.8) is 0 Å². The fourth-order valence-corrected chi connectivity index (χ4v) is 3.39. The number of hydrogen-bond acceptors (Lipinski definition) is 5.